The number of nitrogens with one attached hydrogen (secondary N) is 1. The number of nitrogens with zero attached hydrogens (tertiary/aromatic N) is 3. The fraction of sp³-hybridized carbons (Fsp3) is 0.238. The molecule has 1 aromatic heterocycles. The summed E-state index contributed by atoms with van der Waals surface area (Å²) < 4.78 is 40.5. The number of benzene rings is 2. The van der Waals surface area contributed by atoms with Crippen LogP contribution in [0.25, 0.3) is 16.6 Å². The molecule has 0 spiro atoms. The zero-order valence-electron chi connectivity index (χ0n) is 17.2. The zero-order valence-corrected chi connectivity index (χ0v) is 18.0. The molecule has 0 radical (unpaired) electrons. The summed E-state index contributed by atoms with van der Waals surface area (Å²) in [4.78, 5) is 12.7. The summed E-state index contributed by atoms with van der Waals surface area (Å²) in [5, 5.41) is 16.6. The topological polar surface area (TPSA) is 105 Å². The number of hydrogen-bond acceptors (Lipinski definition) is 5. The van der Waals surface area contributed by atoms with Crippen LogP contribution in [0.1, 0.15) is 23.0 Å². The standard InChI is InChI=1S/C21H21FN4O4S/c1-4-25(31(3,29)30)19-13-18-17(12-14(19)6-5-11-27)20(21(28)23-2)26(24-18)16-9-7-15(22)8-10-16/h7-10,12-13,27H,4,11H2,1-3H3,(H,23,28). The lowest BCUT2D eigenvalue weighted by Gasteiger charge is -2.22. The highest BCUT2D eigenvalue weighted by Gasteiger charge is 2.24. The van der Waals surface area contributed by atoms with Crippen molar-refractivity contribution in [3.8, 4) is 17.5 Å². The average molecular weight is 444 g/mol. The molecule has 0 atom stereocenters. The summed E-state index contributed by atoms with van der Waals surface area (Å²) in [6.07, 6.45) is 1.08. The van der Waals surface area contributed by atoms with E-state index in [1.807, 2.05) is 0 Å². The van der Waals surface area contributed by atoms with Gasteiger partial charge < -0.3 is 10.4 Å². The molecule has 0 fully saturated rings. The number of aliphatic hydroxyl groups is 1. The highest BCUT2D eigenvalue weighted by Crippen LogP contribution is 2.31. The molecule has 8 nitrogen and oxygen atoms in total. The first-order valence-corrected chi connectivity index (χ1v) is 11.2. The van der Waals surface area contributed by atoms with Gasteiger partial charge in [-0.05, 0) is 43.3 Å². The number of halogens is 1. The molecule has 2 aromatic carbocycles. The highest BCUT2D eigenvalue weighted by atomic mass is 32.2. The number of rotatable bonds is 5. The van der Waals surface area contributed by atoms with Crippen molar-refractivity contribution >= 4 is 32.5 Å². The second kappa shape index (κ2) is 8.75. The van der Waals surface area contributed by atoms with Crippen LogP contribution in [0.2, 0.25) is 0 Å². The molecule has 0 saturated carbocycles. The molecule has 0 aliphatic heterocycles. The molecule has 10 heteroatoms. The summed E-state index contributed by atoms with van der Waals surface area (Å²) in [7, 11) is -2.15. The van der Waals surface area contributed by atoms with Crippen LogP contribution >= 0.6 is 0 Å². The van der Waals surface area contributed by atoms with E-state index in [-0.39, 0.29) is 17.9 Å². The maximum absolute atomic E-state index is 13.4. The van der Waals surface area contributed by atoms with Gasteiger partial charge >= 0.3 is 0 Å². The van der Waals surface area contributed by atoms with Gasteiger partial charge in [0.1, 0.15) is 18.1 Å². The van der Waals surface area contributed by atoms with Crippen LogP contribution in [-0.2, 0) is 10.0 Å². The predicted molar refractivity (Wildman–Crippen MR) is 116 cm³/mol. The molecule has 2 N–H and O–H groups in total. The van der Waals surface area contributed by atoms with Crippen LogP contribution in [0.15, 0.2) is 36.4 Å². The first-order chi connectivity index (χ1) is 14.7. The van der Waals surface area contributed by atoms with E-state index < -0.39 is 28.4 Å². The molecule has 0 saturated heterocycles. The monoisotopic (exact) mass is 444 g/mol. The summed E-state index contributed by atoms with van der Waals surface area (Å²) in [5.74, 6) is 4.41. The fourth-order valence-corrected chi connectivity index (χ4v) is 4.23. The van der Waals surface area contributed by atoms with Crippen molar-refractivity contribution in [2.24, 2.45) is 0 Å². The lowest BCUT2D eigenvalue weighted by atomic mass is 10.1. The van der Waals surface area contributed by atoms with E-state index in [1.54, 1.807) is 13.0 Å². The molecule has 31 heavy (non-hydrogen) atoms. The van der Waals surface area contributed by atoms with E-state index in [2.05, 4.69) is 22.3 Å². The largest absolute Gasteiger partial charge is 0.384 e. The Balaban J connectivity index is 2.39. The molecule has 0 aliphatic carbocycles. The van der Waals surface area contributed by atoms with E-state index in [4.69, 9.17) is 5.11 Å². The number of amides is 1. The Morgan fingerprint density at radius 2 is 1.97 bits per heavy atom. The Labute approximate surface area is 179 Å². The predicted octanol–water partition coefficient (Wildman–Crippen LogP) is 1.65. The average Bonchev–Trinajstić information content (AvgIpc) is 3.09. The smallest absolute Gasteiger partial charge is 0.270 e. The summed E-state index contributed by atoms with van der Waals surface area (Å²) in [5.41, 5.74) is 1.60. The zero-order chi connectivity index (χ0) is 22.8. The Bertz CT molecular complexity index is 1310. The van der Waals surface area contributed by atoms with Crippen molar-refractivity contribution in [1.29, 1.82) is 0 Å². The van der Waals surface area contributed by atoms with Gasteiger partial charge in [0.05, 0.1) is 23.1 Å². The van der Waals surface area contributed by atoms with E-state index in [0.29, 0.717) is 22.2 Å². The first kappa shape index (κ1) is 22.3. The molecule has 0 unspecified atom stereocenters. The Morgan fingerprint density at radius 3 is 2.52 bits per heavy atom. The van der Waals surface area contributed by atoms with Crippen LogP contribution in [0.5, 0.6) is 0 Å². The van der Waals surface area contributed by atoms with Crippen molar-refractivity contribution < 1.29 is 22.7 Å². The number of hydrogen-bond donors (Lipinski definition) is 2. The second-order valence-corrected chi connectivity index (χ2v) is 8.50. The molecule has 0 bridgehead atoms. The Kier molecular flexibility index (Phi) is 6.29. The van der Waals surface area contributed by atoms with Gasteiger partial charge in [-0.3, -0.25) is 9.10 Å². The lowest BCUT2D eigenvalue weighted by molar-refractivity contribution is 0.0957. The minimum atomic E-state index is -3.62. The van der Waals surface area contributed by atoms with Crippen molar-refractivity contribution in [3.05, 3.63) is 53.5 Å². The van der Waals surface area contributed by atoms with Crippen LogP contribution < -0.4 is 9.62 Å². The molecule has 162 valence electrons. The molecule has 3 aromatic rings. The Morgan fingerprint density at radius 1 is 1.29 bits per heavy atom. The molecule has 3 rings (SSSR count). The third-order valence-electron chi connectivity index (χ3n) is 4.56. The number of carbonyl (C=O) groups is 1. The maximum atomic E-state index is 13.4. The van der Waals surface area contributed by atoms with Gasteiger partial charge in [-0.15, -0.1) is 0 Å². The van der Waals surface area contributed by atoms with Gasteiger partial charge in [0.15, 0.2) is 0 Å². The minimum absolute atomic E-state index is 0.152. The first-order valence-electron chi connectivity index (χ1n) is 9.33. The molecule has 1 heterocycles. The number of sulfonamides is 1. The number of carbonyl (C=O) groups excluding carboxylic acids is 1. The van der Waals surface area contributed by atoms with Gasteiger partial charge in [0, 0.05) is 24.5 Å². The quantitative estimate of drug-likeness (QED) is 0.583. The van der Waals surface area contributed by atoms with Gasteiger partial charge in [0.25, 0.3) is 5.91 Å². The normalized spacial score (nSPS) is 11.1. The van der Waals surface area contributed by atoms with Gasteiger partial charge in [0.2, 0.25) is 10.0 Å². The van der Waals surface area contributed by atoms with Gasteiger partial charge in [-0.2, -0.15) is 5.10 Å². The van der Waals surface area contributed by atoms with Crippen molar-refractivity contribution in [2.45, 2.75) is 6.92 Å². The van der Waals surface area contributed by atoms with Crippen LogP contribution in [0.3, 0.4) is 0 Å². The summed E-state index contributed by atoms with van der Waals surface area (Å²) in [6, 6.07) is 8.57. The summed E-state index contributed by atoms with van der Waals surface area (Å²) in [6.45, 7) is 1.42. The van der Waals surface area contributed by atoms with Crippen LogP contribution in [0.4, 0.5) is 10.1 Å². The highest BCUT2D eigenvalue weighted by molar-refractivity contribution is 7.92. The lowest BCUT2D eigenvalue weighted by Crippen LogP contribution is -2.30. The van der Waals surface area contributed by atoms with Crippen molar-refractivity contribution in [1.82, 2.24) is 15.1 Å². The van der Waals surface area contributed by atoms with E-state index in [0.717, 1.165) is 6.26 Å². The third kappa shape index (κ3) is 4.38. The van der Waals surface area contributed by atoms with Gasteiger partial charge in [-0.1, -0.05) is 11.8 Å². The van der Waals surface area contributed by atoms with E-state index >= 15 is 0 Å². The molecular formula is C21H21FN4O4S. The maximum Gasteiger partial charge on any atom is 0.270 e. The van der Waals surface area contributed by atoms with Gasteiger partial charge in [-0.25, -0.2) is 17.5 Å². The molecular weight excluding hydrogens is 423 g/mol. The SMILES string of the molecule is CCN(c1cc2nn(-c3ccc(F)cc3)c(C(=O)NC)c2cc1C#CCO)S(C)(=O)=O. The Hall–Kier alpha value is -3.42. The minimum Gasteiger partial charge on any atom is -0.384 e. The number of aliphatic hydroxyl groups excluding tert-OH is 1. The molecule has 1 amide bonds. The number of anilines is 1. The van der Waals surface area contributed by atoms with E-state index in [9.17, 15) is 17.6 Å². The second-order valence-electron chi connectivity index (χ2n) is 6.59. The van der Waals surface area contributed by atoms with Crippen molar-refractivity contribution in [2.75, 3.05) is 30.8 Å². The van der Waals surface area contributed by atoms with E-state index in [1.165, 1.54) is 46.4 Å². The number of fused-ring (bicyclic) bond motifs is 1. The summed E-state index contributed by atoms with van der Waals surface area (Å²) >= 11 is 0. The number of aromatic nitrogens is 2. The van der Waals surface area contributed by atoms with Crippen molar-refractivity contribution in [3.63, 3.8) is 0 Å². The molecule has 0 aliphatic rings. The third-order valence-corrected chi connectivity index (χ3v) is 5.82. The fourth-order valence-electron chi connectivity index (χ4n) is 3.25. The van der Waals surface area contributed by atoms with Crippen LogP contribution in [0, 0.1) is 17.7 Å². The van der Waals surface area contributed by atoms with Crippen LogP contribution in [-0.4, -0.2) is 55.7 Å².